The van der Waals surface area contributed by atoms with Gasteiger partial charge in [0.05, 0.1) is 17.3 Å². The Morgan fingerprint density at radius 2 is 1.92 bits per heavy atom. The van der Waals surface area contributed by atoms with Crippen LogP contribution in [0.1, 0.15) is 39.0 Å². The summed E-state index contributed by atoms with van der Waals surface area (Å²) < 4.78 is 5.69. The van der Waals surface area contributed by atoms with Gasteiger partial charge in [0.25, 0.3) is 5.91 Å². The van der Waals surface area contributed by atoms with Gasteiger partial charge in [-0.2, -0.15) is 0 Å². The van der Waals surface area contributed by atoms with Gasteiger partial charge in [-0.1, -0.05) is 24.3 Å². The number of fused-ring (bicyclic) bond motifs is 1. The fourth-order valence-electron chi connectivity index (χ4n) is 3.47. The fourth-order valence-corrected chi connectivity index (χ4v) is 3.47. The van der Waals surface area contributed by atoms with Crippen LogP contribution in [0.5, 0.6) is 0 Å². The lowest BCUT2D eigenvalue weighted by atomic mass is 9.98. The molecular formula is C20H20N4O2. The fraction of sp³-hybridized carbons (Fsp3) is 0.250. The zero-order valence-corrected chi connectivity index (χ0v) is 15.0. The SMILES string of the molecule is Cc1ccc(-c2nc(N)nc3c2C(=O)N(C)C3Cc2ccccc2C)o1. The van der Waals surface area contributed by atoms with E-state index < -0.39 is 0 Å². The number of nitrogens with two attached hydrogens (primary N) is 1. The number of aromatic nitrogens is 2. The van der Waals surface area contributed by atoms with Crippen LogP contribution in [0, 0.1) is 13.8 Å². The highest BCUT2D eigenvalue weighted by Gasteiger charge is 2.39. The number of carbonyl (C=O) groups excluding carboxylic acids is 1. The third kappa shape index (κ3) is 2.54. The predicted octanol–water partition coefficient (Wildman–Crippen LogP) is 3.31. The molecule has 0 bridgehead atoms. The average Bonchev–Trinajstić information content (AvgIpc) is 3.14. The Morgan fingerprint density at radius 1 is 1.15 bits per heavy atom. The number of nitrogen functional groups attached to an aromatic ring is 1. The Balaban J connectivity index is 1.84. The van der Waals surface area contributed by atoms with E-state index in [1.165, 1.54) is 11.1 Å². The third-order valence-electron chi connectivity index (χ3n) is 4.92. The molecule has 1 unspecified atom stereocenters. The lowest BCUT2D eigenvalue weighted by Gasteiger charge is -2.20. The number of hydrogen-bond donors (Lipinski definition) is 1. The molecule has 0 saturated carbocycles. The largest absolute Gasteiger partial charge is 0.460 e. The van der Waals surface area contributed by atoms with Crippen molar-refractivity contribution in [1.82, 2.24) is 14.9 Å². The Kier molecular flexibility index (Phi) is 3.76. The molecule has 1 aliphatic rings. The standard InChI is InChI=1S/C20H20N4O2/c1-11-6-4-5-7-13(11)10-14-17-16(19(25)24(14)3)18(23-20(21)22-17)15-9-8-12(2)26-15/h4-9,14H,10H2,1-3H3,(H2,21,22,23). The maximum Gasteiger partial charge on any atom is 0.258 e. The molecule has 1 aliphatic heterocycles. The molecule has 2 aromatic heterocycles. The highest BCUT2D eigenvalue weighted by Crippen LogP contribution is 2.39. The lowest BCUT2D eigenvalue weighted by Crippen LogP contribution is -2.25. The van der Waals surface area contributed by atoms with E-state index in [1.54, 1.807) is 18.0 Å². The number of anilines is 1. The van der Waals surface area contributed by atoms with Crippen LogP contribution >= 0.6 is 0 Å². The maximum absolute atomic E-state index is 13.0. The number of furan rings is 1. The highest BCUT2D eigenvalue weighted by atomic mass is 16.3. The van der Waals surface area contributed by atoms with E-state index >= 15 is 0 Å². The van der Waals surface area contributed by atoms with Crippen LogP contribution in [0.2, 0.25) is 0 Å². The predicted molar refractivity (Wildman–Crippen MR) is 98.6 cm³/mol. The summed E-state index contributed by atoms with van der Waals surface area (Å²) in [5.41, 5.74) is 9.93. The van der Waals surface area contributed by atoms with Gasteiger partial charge in [-0.05, 0) is 43.5 Å². The smallest absolute Gasteiger partial charge is 0.258 e. The molecule has 1 amide bonds. The van der Waals surface area contributed by atoms with Crippen molar-refractivity contribution < 1.29 is 9.21 Å². The molecule has 1 aromatic carbocycles. The summed E-state index contributed by atoms with van der Waals surface area (Å²) in [4.78, 5) is 23.4. The van der Waals surface area contributed by atoms with E-state index in [-0.39, 0.29) is 17.9 Å². The van der Waals surface area contributed by atoms with Gasteiger partial charge in [0.1, 0.15) is 11.5 Å². The van der Waals surface area contributed by atoms with E-state index in [0.717, 1.165) is 5.76 Å². The first-order valence-corrected chi connectivity index (χ1v) is 8.51. The summed E-state index contributed by atoms with van der Waals surface area (Å²) in [5, 5.41) is 0. The van der Waals surface area contributed by atoms with Gasteiger partial charge in [-0.3, -0.25) is 4.79 Å². The maximum atomic E-state index is 13.0. The van der Waals surface area contributed by atoms with Crippen LogP contribution < -0.4 is 5.73 Å². The molecule has 3 heterocycles. The number of nitrogens with zero attached hydrogens (tertiary/aromatic N) is 3. The summed E-state index contributed by atoms with van der Waals surface area (Å²) in [6.45, 7) is 3.92. The molecule has 4 rings (SSSR count). The molecule has 0 spiro atoms. The second-order valence-electron chi connectivity index (χ2n) is 6.66. The normalized spacial score (nSPS) is 16.2. The van der Waals surface area contributed by atoms with Crippen molar-refractivity contribution in [2.45, 2.75) is 26.3 Å². The van der Waals surface area contributed by atoms with Gasteiger partial charge in [0.15, 0.2) is 5.76 Å². The summed E-state index contributed by atoms with van der Waals surface area (Å²) in [5.74, 6) is 1.32. The molecule has 0 aliphatic carbocycles. The van der Waals surface area contributed by atoms with Crippen LogP contribution in [0.4, 0.5) is 5.95 Å². The molecule has 0 saturated heterocycles. The minimum Gasteiger partial charge on any atom is -0.460 e. The van der Waals surface area contributed by atoms with Crippen LogP contribution in [0.25, 0.3) is 11.5 Å². The summed E-state index contributed by atoms with van der Waals surface area (Å²) in [6.07, 6.45) is 0.676. The van der Waals surface area contributed by atoms with E-state index in [4.69, 9.17) is 10.2 Å². The van der Waals surface area contributed by atoms with Crippen molar-refractivity contribution in [2.24, 2.45) is 0 Å². The first-order valence-electron chi connectivity index (χ1n) is 8.51. The third-order valence-corrected chi connectivity index (χ3v) is 4.92. The van der Waals surface area contributed by atoms with Crippen LogP contribution in [0.15, 0.2) is 40.8 Å². The number of carbonyl (C=O) groups is 1. The molecule has 3 aromatic rings. The number of rotatable bonds is 3. The van der Waals surface area contributed by atoms with Gasteiger partial charge in [-0.15, -0.1) is 0 Å². The van der Waals surface area contributed by atoms with Crippen molar-refractivity contribution in [3.63, 3.8) is 0 Å². The minimum atomic E-state index is -0.182. The van der Waals surface area contributed by atoms with E-state index in [9.17, 15) is 4.79 Å². The average molecular weight is 348 g/mol. The molecule has 0 fully saturated rings. The van der Waals surface area contributed by atoms with Crippen molar-refractivity contribution >= 4 is 11.9 Å². The Morgan fingerprint density at radius 3 is 2.62 bits per heavy atom. The molecule has 1 atom stereocenters. The van der Waals surface area contributed by atoms with Crippen molar-refractivity contribution in [3.8, 4) is 11.5 Å². The van der Waals surface area contributed by atoms with Gasteiger partial charge >= 0.3 is 0 Å². The summed E-state index contributed by atoms with van der Waals surface area (Å²) >= 11 is 0. The molecule has 132 valence electrons. The van der Waals surface area contributed by atoms with E-state index in [2.05, 4.69) is 29.0 Å². The summed E-state index contributed by atoms with van der Waals surface area (Å²) in [7, 11) is 1.79. The second kappa shape index (κ2) is 5.98. The Hall–Kier alpha value is -3.15. The van der Waals surface area contributed by atoms with Crippen molar-refractivity contribution in [3.05, 3.63) is 64.5 Å². The molecule has 2 N–H and O–H groups in total. The van der Waals surface area contributed by atoms with E-state index in [1.807, 2.05) is 25.1 Å². The van der Waals surface area contributed by atoms with Gasteiger partial charge in [0, 0.05) is 7.05 Å². The Bertz CT molecular complexity index is 1010. The molecule has 0 radical (unpaired) electrons. The molecule has 6 nitrogen and oxygen atoms in total. The van der Waals surface area contributed by atoms with Crippen molar-refractivity contribution in [1.29, 1.82) is 0 Å². The van der Waals surface area contributed by atoms with Gasteiger partial charge in [-0.25, -0.2) is 9.97 Å². The van der Waals surface area contributed by atoms with Crippen molar-refractivity contribution in [2.75, 3.05) is 12.8 Å². The second-order valence-corrected chi connectivity index (χ2v) is 6.66. The highest BCUT2D eigenvalue weighted by molar-refractivity contribution is 6.03. The first kappa shape index (κ1) is 16.3. The topological polar surface area (TPSA) is 85.2 Å². The van der Waals surface area contributed by atoms with Gasteiger partial charge < -0.3 is 15.1 Å². The number of amides is 1. The monoisotopic (exact) mass is 348 g/mol. The Labute approximate surface area is 151 Å². The zero-order valence-electron chi connectivity index (χ0n) is 15.0. The number of aryl methyl sites for hydroxylation is 2. The summed E-state index contributed by atoms with van der Waals surface area (Å²) in [6, 6.07) is 11.6. The zero-order chi connectivity index (χ0) is 18.4. The molecule has 6 heteroatoms. The minimum absolute atomic E-state index is 0.109. The van der Waals surface area contributed by atoms with Gasteiger partial charge in [0.2, 0.25) is 5.95 Å². The van der Waals surface area contributed by atoms with Crippen LogP contribution in [-0.4, -0.2) is 27.8 Å². The number of benzene rings is 1. The first-order chi connectivity index (χ1) is 12.5. The lowest BCUT2D eigenvalue weighted by molar-refractivity contribution is 0.0773. The number of likely N-dealkylation sites (N-methyl/N-ethyl adjacent to an activating group) is 1. The molecule has 26 heavy (non-hydrogen) atoms. The molecular weight excluding hydrogens is 328 g/mol. The quantitative estimate of drug-likeness (QED) is 0.785. The van der Waals surface area contributed by atoms with Crippen LogP contribution in [-0.2, 0) is 6.42 Å². The van der Waals surface area contributed by atoms with E-state index in [0.29, 0.717) is 29.1 Å². The number of hydrogen-bond acceptors (Lipinski definition) is 5. The van der Waals surface area contributed by atoms with Crippen LogP contribution in [0.3, 0.4) is 0 Å².